The highest BCUT2D eigenvalue weighted by molar-refractivity contribution is 14.1. The number of anilines is 1. The van der Waals surface area contributed by atoms with E-state index in [1.807, 2.05) is 22.6 Å². The Hall–Kier alpha value is -0.490. The first-order chi connectivity index (χ1) is 6.57. The van der Waals surface area contributed by atoms with Crippen LogP contribution in [0.3, 0.4) is 0 Å². The largest absolute Gasteiger partial charge is 0.462 e. The van der Waals surface area contributed by atoms with Crippen molar-refractivity contribution >= 4 is 45.8 Å². The number of esters is 1. The minimum atomic E-state index is -0.421. The van der Waals surface area contributed by atoms with Gasteiger partial charge in [0.05, 0.1) is 20.8 Å². The summed E-state index contributed by atoms with van der Waals surface area (Å²) in [5.41, 5.74) is 6.53. The number of nitrogen functional groups attached to an aromatic ring is 1. The Labute approximate surface area is 101 Å². The van der Waals surface area contributed by atoms with Gasteiger partial charge in [-0.15, -0.1) is 0 Å². The van der Waals surface area contributed by atoms with Crippen molar-refractivity contribution in [1.82, 2.24) is 0 Å². The van der Waals surface area contributed by atoms with E-state index in [2.05, 4.69) is 0 Å². The predicted octanol–water partition coefficient (Wildman–Crippen LogP) is 2.70. The fraction of sp³-hybridized carbons (Fsp3) is 0.222. The normalized spacial score (nSPS) is 9.93. The van der Waals surface area contributed by atoms with E-state index < -0.39 is 5.97 Å². The molecule has 1 aromatic carbocycles. The first-order valence-corrected chi connectivity index (χ1v) is 5.44. The molecule has 2 N–H and O–H groups in total. The van der Waals surface area contributed by atoms with Gasteiger partial charge in [-0.1, -0.05) is 11.6 Å². The maximum atomic E-state index is 11.4. The predicted molar refractivity (Wildman–Crippen MR) is 64.5 cm³/mol. The molecule has 3 nitrogen and oxygen atoms in total. The van der Waals surface area contributed by atoms with Crippen LogP contribution in [0.1, 0.15) is 17.3 Å². The lowest BCUT2D eigenvalue weighted by molar-refractivity contribution is 0.0526. The Bertz CT molecular complexity index is 368. The highest BCUT2D eigenvalue weighted by Crippen LogP contribution is 2.28. The summed E-state index contributed by atoms with van der Waals surface area (Å²) in [6.07, 6.45) is 0. The number of carbonyl (C=O) groups is 1. The number of hydrogen-bond donors (Lipinski definition) is 1. The van der Waals surface area contributed by atoms with Gasteiger partial charge >= 0.3 is 5.97 Å². The van der Waals surface area contributed by atoms with Crippen molar-refractivity contribution in [2.75, 3.05) is 12.3 Å². The molecule has 76 valence electrons. The molecule has 0 bridgehead atoms. The summed E-state index contributed by atoms with van der Waals surface area (Å²) in [5.74, 6) is -0.421. The second-order valence-electron chi connectivity index (χ2n) is 2.55. The molecule has 0 spiro atoms. The fourth-order valence-electron chi connectivity index (χ4n) is 0.931. The molecular formula is C9H9ClINO2. The molecule has 0 heterocycles. The van der Waals surface area contributed by atoms with Gasteiger partial charge in [-0.2, -0.15) is 0 Å². The quantitative estimate of drug-likeness (QED) is 0.517. The van der Waals surface area contributed by atoms with E-state index >= 15 is 0 Å². The molecule has 0 fully saturated rings. The first kappa shape index (κ1) is 11.6. The molecule has 1 aromatic rings. The summed E-state index contributed by atoms with van der Waals surface area (Å²) >= 11 is 7.93. The van der Waals surface area contributed by atoms with Gasteiger partial charge in [-0.25, -0.2) is 4.79 Å². The van der Waals surface area contributed by atoms with Crippen molar-refractivity contribution < 1.29 is 9.53 Å². The van der Waals surface area contributed by atoms with E-state index in [-0.39, 0.29) is 0 Å². The minimum Gasteiger partial charge on any atom is -0.462 e. The minimum absolute atomic E-state index is 0.329. The molecule has 0 saturated heterocycles. The number of hydrogen-bond acceptors (Lipinski definition) is 3. The zero-order valence-electron chi connectivity index (χ0n) is 7.51. The van der Waals surface area contributed by atoms with Crippen LogP contribution in [-0.4, -0.2) is 12.6 Å². The Morgan fingerprint density at radius 1 is 1.64 bits per heavy atom. The van der Waals surface area contributed by atoms with E-state index in [0.29, 0.717) is 26.5 Å². The van der Waals surface area contributed by atoms with E-state index in [9.17, 15) is 4.79 Å². The molecule has 0 atom stereocenters. The van der Waals surface area contributed by atoms with E-state index in [0.717, 1.165) is 0 Å². The summed E-state index contributed by atoms with van der Waals surface area (Å²) in [6, 6.07) is 3.21. The lowest BCUT2D eigenvalue weighted by Crippen LogP contribution is -2.06. The van der Waals surface area contributed by atoms with Crippen LogP contribution in [0.15, 0.2) is 12.1 Å². The van der Waals surface area contributed by atoms with Crippen LogP contribution in [0.25, 0.3) is 0 Å². The molecule has 0 saturated carbocycles. The van der Waals surface area contributed by atoms with Crippen molar-refractivity contribution in [2.24, 2.45) is 0 Å². The number of benzene rings is 1. The van der Waals surface area contributed by atoms with Gasteiger partial charge in [0.2, 0.25) is 0 Å². The molecule has 0 amide bonds. The number of carbonyl (C=O) groups excluding carboxylic acids is 1. The molecule has 0 aromatic heterocycles. The molecule has 0 aliphatic heterocycles. The average molecular weight is 326 g/mol. The van der Waals surface area contributed by atoms with E-state index in [1.165, 1.54) is 0 Å². The van der Waals surface area contributed by atoms with Gasteiger partial charge < -0.3 is 10.5 Å². The smallest absolute Gasteiger partial charge is 0.339 e. The van der Waals surface area contributed by atoms with Crippen LogP contribution < -0.4 is 5.73 Å². The Morgan fingerprint density at radius 2 is 2.29 bits per heavy atom. The summed E-state index contributed by atoms with van der Waals surface area (Å²) in [7, 11) is 0. The Balaban J connectivity index is 3.11. The van der Waals surface area contributed by atoms with Gasteiger partial charge in [0.15, 0.2) is 0 Å². The molecule has 1 rings (SSSR count). The van der Waals surface area contributed by atoms with Crippen molar-refractivity contribution in [3.8, 4) is 0 Å². The second-order valence-corrected chi connectivity index (χ2v) is 4.01. The van der Waals surface area contributed by atoms with Gasteiger partial charge in [0.25, 0.3) is 0 Å². The molecule has 14 heavy (non-hydrogen) atoms. The van der Waals surface area contributed by atoms with Crippen LogP contribution in [0.5, 0.6) is 0 Å². The van der Waals surface area contributed by atoms with E-state index in [1.54, 1.807) is 19.1 Å². The van der Waals surface area contributed by atoms with Crippen molar-refractivity contribution in [3.05, 3.63) is 26.3 Å². The third kappa shape index (κ3) is 2.30. The van der Waals surface area contributed by atoms with Crippen molar-refractivity contribution in [3.63, 3.8) is 0 Å². The number of nitrogens with two attached hydrogens (primary N) is 1. The van der Waals surface area contributed by atoms with Crippen LogP contribution in [0, 0.1) is 3.57 Å². The summed E-state index contributed by atoms with van der Waals surface area (Å²) in [4.78, 5) is 11.4. The van der Waals surface area contributed by atoms with Gasteiger partial charge in [0, 0.05) is 5.69 Å². The summed E-state index contributed by atoms with van der Waals surface area (Å²) < 4.78 is 5.51. The molecular weight excluding hydrogens is 316 g/mol. The molecule has 5 heteroatoms. The molecule has 0 aliphatic carbocycles. The molecule has 0 unspecified atom stereocenters. The third-order valence-electron chi connectivity index (χ3n) is 1.61. The standard InChI is InChI=1S/C9H9ClINO2/c1-2-14-9(13)5-3-4-6(12)8(11)7(5)10/h3-4H,2,12H2,1H3. The Morgan fingerprint density at radius 3 is 2.86 bits per heavy atom. The zero-order chi connectivity index (χ0) is 10.7. The lowest BCUT2D eigenvalue weighted by Gasteiger charge is -2.06. The molecule has 0 aliphatic rings. The van der Waals surface area contributed by atoms with Crippen LogP contribution >= 0.6 is 34.2 Å². The third-order valence-corrected chi connectivity index (χ3v) is 3.48. The Kier molecular flexibility index (Phi) is 4.00. The maximum Gasteiger partial charge on any atom is 0.339 e. The first-order valence-electron chi connectivity index (χ1n) is 3.98. The highest BCUT2D eigenvalue weighted by Gasteiger charge is 2.14. The second kappa shape index (κ2) is 4.84. The van der Waals surface area contributed by atoms with Gasteiger partial charge in [-0.3, -0.25) is 0 Å². The van der Waals surface area contributed by atoms with Crippen LogP contribution in [0.2, 0.25) is 5.02 Å². The number of ether oxygens (including phenoxy) is 1. The number of rotatable bonds is 2. The SMILES string of the molecule is CCOC(=O)c1ccc(N)c(I)c1Cl. The average Bonchev–Trinajstić information content (AvgIpc) is 2.15. The zero-order valence-corrected chi connectivity index (χ0v) is 10.4. The molecule has 0 radical (unpaired) electrons. The fourth-order valence-corrected chi connectivity index (χ4v) is 1.65. The lowest BCUT2D eigenvalue weighted by atomic mass is 10.2. The van der Waals surface area contributed by atoms with E-state index in [4.69, 9.17) is 22.1 Å². The maximum absolute atomic E-state index is 11.4. The monoisotopic (exact) mass is 325 g/mol. The summed E-state index contributed by atoms with van der Waals surface area (Å²) in [5, 5.41) is 0.351. The number of halogens is 2. The van der Waals surface area contributed by atoms with Gasteiger partial charge in [-0.05, 0) is 41.6 Å². The van der Waals surface area contributed by atoms with Crippen LogP contribution in [0.4, 0.5) is 5.69 Å². The van der Waals surface area contributed by atoms with Gasteiger partial charge in [0.1, 0.15) is 0 Å². The van der Waals surface area contributed by atoms with Crippen molar-refractivity contribution in [2.45, 2.75) is 6.92 Å². The van der Waals surface area contributed by atoms with Crippen molar-refractivity contribution in [1.29, 1.82) is 0 Å². The highest BCUT2D eigenvalue weighted by atomic mass is 127. The topological polar surface area (TPSA) is 52.3 Å². The summed E-state index contributed by atoms with van der Waals surface area (Å²) in [6.45, 7) is 2.07. The van der Waals surface area contributed by atoms with Crippen LogP contribution in [-0.2, 0) is 4.74 Å².